The van der Waals surface area contributed by atoms with Crippen LogP contribution in [-0.2, 0) is 5.75 Å². The van der Waals surface area contributed by atoms with Crippen molar-refractivity contribution in [2.75, 3.05) is 0 Å². The van der Waals surface area contributed by atoms with Gasteiger partial charge in [-0.2, -0.15) is 0 Å². The highest BCUT2D eigenvalue weighted by Crippen LogP contribution is 2.33. The maximum absolute atomic E-state index is 13.3. The van der Waals surface area contributed by atoms with Crippen molar-refractivity contribution in [1.29, 1.82) is 0 Å². The van der Waals surface area contributed by atoms with Crippen molar-refractivity contribution in [3.8, 4) is 17.1 Å². The molecule has 0 aliphatic heterocycles. The van der Waals surface area contributed by atoms with E-state index in [1.807, 2.05) is 102 Å². The molecule has 0 bridgehead atoms. The predicted molar refractivity (Wildman–Crippen MR) is 163 cm³/mol. The minimum Gasteiger partial charge on any atom is -0.340 e. The maximum atomic E-state index is 13.3. The number of carbonyl (C=O) groups excluding carboxylic acids is 1. The first-order valence-corrected chi connectivity index (χ1v) is 15.0. The molecular formula is C31H23ClN6OS2. The van der Waals surface area contributed by atoms with Crippen molar-refractivity contribution in [3.63, 3.8) is 0 Å². The fraction of sp³-hybridized carbons (Fsp3) is 0.0645. The number of halogens is 1. The van der Waals surface area contributed by atoms with Crippen LogP contribution in [0.3, 0.4) is 0 Å². The third kappa shape index (κ3) is 6.07. The second-order valence-corrected chi connectivity index (χ2v) is 11.3. The van der Waals surface area contributed by atoms with Crippen molar-refractivity contribution in [2.24, 2.45) is 0 Å². The zero-order valence-corrected chi connectivity index (χ0v) is 24.0. The molecular weight excluding hydrogens is 572 g/mol. The topological polar surface area (TPSA) is 85.6 Å². The quantitative estimate of drug-likeness (QED) is 0.177. The molecule has 0 aliphatic carbocycles. The van der Waals surface area contributed by atoms with Crippen LogP contribution in [0.15, 0.2) is 120 Å². The first-order chi connectivity index (χ1) is 20.2. The van der Waals surface area contributed by atoms with E-state index in [0.717, 1.165) is 27.4 Å². The van der Waals surface area contributed by atoms with Crippen molar-refractivity contribution < 1.29 is 4.79 Å². The lowest BCUT2D eigenvalue weighted by atomic mass is 9.98. The fourth-order valence-electron chi connectivity index (χ4n) is 4.36. The summed E-state index contributed by atoms with van der Waals surface area (Å²) in [4.78, 5) is 22.1. The van der Waals surface area contributed by atoms with E-state index in [1.54, 1.807) is 17.8 Å². The third-order valence-corrected chi connectivity index (χ3v) is 8.61. The smallest absolute Gasteiger partial charge is 0.271 e. The summed E-state index contributed by atoms with van der Waals surface area (Å²) in [6.45, 7) is 0. The van der Waals surface area contributed by atoms with Gasteiger partial charge in [-0.15, -0.1) is 21.5 Å². The van der Waals surface area contributed by atoms with E-state index < -0.39 is 0 Å². The predicted octanol–water partition coefficient (Wildman–Crippen LogP) is 7.25. The lowest BCUT2D eigenvalue weighted by Gasteiger charge is -2.19. The lowest BCUT2D eigenvalue weighted by Crippen LogP contribution is -2.29. The van der Waals surface area contributed by atoms with Crippen LogP contribution in [0.4, 0.5) is 0 Å². The number of nitrogens with zero attached hydrogens (tertiary/aromatic N) is 5. The average molecular weight is 595 g/mol. The number of carbonyl (C=O) groups is 1. The first kappa shape index (κ1) is 26.9. The van der Waals surface area contributed by atoms with Crippen molar-refractivity contribution >= 4 is 40.6 Å². The van der Waals surface area contributed by atoms with Crippen molar-refractivity contribution in [2.45, 2.75) is 17.0 Å². The molecule has 0 spiro atoms. The summed E-state index contributed by atoms with van der Waals surface area (Å²) in [5.41, 5.74) is 4.04. The number of aromatic nitrogens is 5. The van der Waals surface area contributed by atoms with E-state index in [4.69, 9.17) is 11.6 Å². The Hall–Kier alpha value is -4.31. The molecule has 3 aromatic heterocycles. The summed E-state index contributed by atoms with van der Waals surface area (Å²) < 4.78 is 1.94. The molecule has 6 rings (SSSR count). The Morgan fingerprint density at radius 3 is 2.22 bits per heavy atom. The number of hydrogen-bond acceptors (Lipinski definition) is 7. The zero-order valence-electron chi connectivity index (χ0n) is 21.6. The molecule has 0 unspecified atom stereocenters. The van der Waals surface area contributed by atoms with Crippen LogP contribution in [0.5, 0.6) is 0 Å². The summed E-state index contributed by atoms with van der Waals surface area (Å²) in [6.07, 6.45) is 3.44. The minimum atomic E-state index is -0.287. The van der Waals surface area contributed by atoms with Crippen LogP contribution in [0, 0.1) is 0 Å². The van der Waals surface area contributed by atoms with Gasteiger partial charge in [-0.25, -0.2) is 4.98 Å². The second-order valence-electron chi connectivity index (χ2n) is 8.97. The highest BCUT2D eigenvalue weighted by Gasteiger charge is 2.21. The number of rotatable bonds is 9. The summed E-state index contributed by atoms with van der Waals surface area (Å²) in [7, 11) is 0. The normalized spacial score (nSPS) is 11.1. The summed E-state index contributed by atoms with van der Waals surface area (Å²) in [5, 5.41) is 15.9. The molecule has 3 aromatic carbocycles. The Kier molecular flexibility index (Phi) is 8.18. The summed E-state index contributed by atoms with van der Waals surface area (Å²) >= 11 is 9.50. The molecule has 7 nitrogen and oxygen atoms in total. The van der Waals surface area contributed by atoms with E-state index in [0.29, 0.717) is 27.5 Å². The van der Waals surface area contributed by atoms with Gasteiger partial charge in [0.15, 0.2) is 11.0 Å². The number of para-hydroxylation sites is 1. The molecule has 0 saturated carbocycles. The van der Waals surface area contributed by atoms with Gasteiger partial charge in [0, 0.05) is 23.3 Å². The van der Waals surface area contributed by atoms with Crippen LogP contribution >= 0.6 is 34.7 Å². The number of pyridine rings is 1. The fourth-order valence-corrected chi connectivity index (χ4v) is 6.32. The van der Waals surface area contributed by atoms with Crippen LogP contribution in [-0.4, -0.2) is 30.6 Å². The molecule has 3 heterocycles. The third-order valence-electron chi connectivity index (χ3n) is 6.32. The Balaban J connectivity index is 1.22. The number of thiazole rings is 1. The molecule has 0 aliphatic rings. The van der Waals surface area contributed by atoms with Gasteiger partial charge in [-0.05, 0) is 35.4 Å². The van der Waals surface area contributed by atoms with Crippen LogP contribution in [0.1, 0.15) is 32.7 Å². The molecule has 6 aromatic rings. The maximum Gasteiger partial charge on any atom is 0.271 e. The standard InChI is InChI=1S/C31H23ClN6OS2/c32-24-13-7-8-14-26(24)38-29(23-15-17-33-18-16-23)36-37-31(38)41-20-27-34-25(19-40-27)30(39)35-28(21-9-3-1-4-10-21)22-11-5-2-6-12-22/h1-19,28H,20H2,(H,35,39). The van der Waals surface area contributed by atoms with Crippen molar-refractivity contribution in [3.05, 3.63) is 142 Å². The number of benzene rings is 3. The Labute approximate surface area is 250 Å². The average Bonchev–Trinajstić information content (AvgIpc) is 3.68. The Bertz CT molecular complexity index is 1720. The van der Waals surface area contributed by atoms with Crippen LogP contribution in [0.25, 0.3) is 17.1 Å². The molecule has 41 heavy (non-hydrogen) atoms. The highest BCUT2D eigenvalue weighted by molar-refractivity contribution is 7.98. The van der Waals surface area contributed by atoms with Gasteiger partial charge in [0.2, 0.25) is 0 Å². The van der Waals surface area contributed by atoms with E-state index >= 15 is 0 Å². The lowest BCUT2D eigenvalue weighted by molar-refractivity contribution is 0.0938. The van der Waals surface area contributed by atoms with Crippen LogP contribution in [0.2, 0.25) is 5.02 Å². The number of amides is 1. The first-order valence-electron chi connectivity index (χ1n) is 12.8. The van der Waals surface area contributed by atoms with Gasteiger partial charge in [-0.1, -0.05) is 96.2 Å². The van der Waals surface area contributed by atoms with Crippen molar-refractivity contribution in [1.82, 2.24) is 30.0 Å². The second kappa shape index (κ2) is 12.5. The highest BCUT2D eigenvalue weighted by atomic mass is 35.5. The van der Waals surface area contributed by atoms with Gasteiger partial charge in [0.05, 0.1) is 22.5 Å². The summed E-state index contributed by atoms with van der Waals surface area (Å²) in [5.74, 6) is 0.946. The largest absolute Gasteiger partial charge is 0.340 e. The molecule has 1 amide bonds. The molecule has 0 saturated heterocycles. The van der Waals surface area contributed by atoms with E-state index in [1.165, 1.54) is 23.1 Å². The number of hydrogen-bond donors (Lipinski definition) is 1. The Morgan fingerprint density at radius 2 is 1.54 bits per heavy atom. The molecule has 0 radical (unpaired) electrons. The number of nitrogens with one attached hydrogen (secondary N) is 1. The van der Waals surface area contributed by atoms with Gasteiger partial charge >= 0.3 is 0 Å². The zero-order chi connectivity index (χ0) is 28.0. The molecule has 0 atom stereocenters. The van der Waals surface area contributed by atoms with E-state index in [2.05, 4.69) is 25.5 Å². The SMILES string of the molecule is O=C(NC(c1ccccc1)c1ccccc1)c1csc(CSc2nnc(-c3ccncc3)n2-c2ccccc2Cl)n1. The molecule has 10 heteroatoms. The molecule has 1 N–H and O–H groups in total. The summed E-state index contributed by atoms with van der Waals surface area (Å²) in [6, 6.07) is 30.9. The Morgan fingerprint density at radius 1 is 0.878 bits per heavy atom. The van der Waals surface area contributed by atoms with E-state index in [-0.39, 0.29) is 11.9 Å². The van der Waals surface area contributed by atoms with Gasteiger partial charge in [0.1, 0.15) is 10.7 Å². The molecule has 0 fully saturated rings. The molecule has 202 valence electrons. The van der Waals surface area contributed by atoms with Gasteiger partial charge < -0.3 is 5.32 Å². The van der Waals surface area contributed by atoms with Gasteiger partial charge in [0.25, 0.3) is 5.91 Å². The number of thioether (sulfide) groups is 1. The monoisotopic (exact) mass is 594 g/mol. The van der Waals surface area contributed by atoms with Crippen LogP contribution < -0.4 is 5.32 Å². The van der Waals surface area contributed by atoms with E-state index in [9.17, 15) is 4.79 Å². The minimum absolute atomic E-state index is 0.227. The van der Waals surface area contributed by atoms with Gasteiger partial charge in [-0.3, -0.25) is 14.3 Å².